The van der Waals surface area contributed by atoms with E-state index in [2.05, 4.69) is 0 Å². The monoisotopic (exact) mass is 338 g/mol. The largest absolute Gasteiger partial charge is 0.294 e. The number of ketones is 2. The van der Waals surface area contributed by atoms with Gasteiger partial charge >= 0.3 is 0 Å². The van der Waals surface area contributed by atoms with Crippen LogP contribution in [0.4, 0.5) is 0 Å². The third-order valence-corrected chi connectivity index (χ3v) is 5.03. The van der Waals surface area contributed by atoms with Gasteiger partial charge in [-0.3, -0.25) is 14.1 Å². The summed E-state index contributed by atoms with van der Waals surface area (Å²) in [5.41, 5.74) is 1.95. The van der Waals surface area contributed by atoms with Gasteiger partial charge in [-0.25, -0.2) is 0 Å². The molecule has 0 atom stereocenters. The van der Waals surface area contributed by atoms with Crippen LogP contribution < -0.4 is 0 Å². The molecule has 24 heavy (non-hydrogen) atoms. The van der Waals surface area contributed by atoms with Gasteiger partial charge in [-0.05, 0) is 34.0 Å². The van der Waals surface area contributed by atoms with Crippen LogP contribution in [0, 0.1) is 0 Å². The van der Waals surface area contributed by atoms with Crippen LogP contribution in [0.2, 0.25) is 0 Å². The standard InChI is InChI=1S/C18H10O5S/c19-17-15-4-2-1-3-13(15)14-7-5-10-9-11(24(21,22)23)6-8-12(10)16(14)18(17)20/h1-9H,(H,21,22,23). The minimum atomic E-state index is -4.34. The van der Waals surface area contributed by atoms with Gasteiger partial charge in [-0.15, -0.1) is 0 Å². The van der Waals surface area contributed by atoms with Crippen molar-refractivity contribution in [3.63, 3.8) is 0 Å². The second-order valence-electron chi connectivity index (χ2n) is 5.55. The highest BCUT2D eigenvalue weighted by molar-refractivity contribution is 7.85. The Morgan fingerprint density at radius 2 is 1.46 bits per heavy atom. The van der Waals surface area contributed by atoms with E-state index >= 15 is 0 Å². The van der Waals surface area contributed by atoms with Crippen molar-refractivity contribution < 1.29 is 22.6 Å². The van der Waals surface area contributed by atoms with Crippen LogP contribution in [0.15, 0.2) is 59.5 Å². The van der Waals surface area contributed by atoms with Gasteiger partial charge in [-0.1, -0.05) is 42.5 Å². The van der Waals surface area contributed by atoms with E-state index in [4.69, 9.17) is 4.55 Å². The normalized spacial score (nSPS) is 13.7. The van der Waals surface area contributed by atoms with E-state index in [-0.39, 0.29) is 10.5 Å². The van der Waals surface area contributed by atoms with Crippen molar-refractivity contribution in [2.75, 3.05) is 0 Å². The molecular weight excluding hydrogens is 328 g/mol. The Hall–Kier alpha value is -2.83. The van der Waals surface area contributed by atoms with Gasteiger partial charge in [0.1, 0.15) is 0 Å². The van der Waals surface area contributed by atoms with Gasteiger partial charge in [0.25, 0.3) is 10.1 Å². The van der Waals surface area contributed by atoms with Crippen LogP contribution in [-0.4, -0.2) is 24.5 Å². The molecule has 0 heterocycles. The lowest BCUT2D eigenvalue weighted by molar-refractivity contribution is 0.0816. The molecular formula is C18H10O5S. The number of fused-ring (bicyclic) bond motifs is 5. The fraction of sp³-hybridized carbons (Fsp3) is 0. The lowest BCUT2D eigenvalue weighted by Crippen LogP contribution is -2.21. The van der Waals surface area contributed by atoms with E-state index in [1.165, 1.54) is 18.2 Å². The summed E-state index contributed by atoms with van der Waals surface area (Å²) in [5, 5.41) is 0.942. The molecule has 3 aromatic carbocycles. The smallest absolute Gasteiger partial charge is 0.285 e. The summed E-state index contributed by atoms with van der Waals surface area (Å²) in [6, 6.07) is 14.2. The fourth-order valence-electron chi connectivity index (χ4n) is 3.09. The Kier molecular flexibility index (Phi) is 2.97. The molecule has 4 rings (SSSR count). The average molecular weight is 338 g/mol. The molecule has 0 saturated carbocycles. The highest BCUT2D eigenvalue weighted by Crippen LogP contribution is 2.37. The molecule has 1 aliphatic carbocycles. The van der Waals surface area contributed by atoms with Crippen LogP contribution in [0.5, 0.6) is 0 Å². The topological polar surface area (TPSA) is 88.5 Å². The molecule has 0 bridgehead atoms. The van der Waals surface area contributed by atoms with Crippen LogP contribution in [0.1, 0.15) is 20.7 Å². The molecule has 0 amide bonds. The maximum Gasteiger partial charge on any atom is 0.294 e. The van der Waals surface area contributed by atoms with E-state index < -0.39 is 21.7 Å². The number of benzene rings is 3. The summed E-state index contributed by atoms with van der Waals surface area (Å²) in [6.45, 7) is 0. The third kappa shape index (κ3) is 2.01. The van der Waals surface area contributed by atoms with E-state index in [0.29, 0.717) is 27.5 Å². The predicted molar refractivity (Wildman–Crippen MR) is 87.9 cm³/mol. The molecule has 5 nitrogen and oxygen atoms in total. The Bertz CT molecular complexity index is 1160. The van der Waals surface area contributed by atoms with Crippen LogP contribution in [0.25, 0.3) is 21.9 Å². The Morgan fingerprint density at radius 1 is 0.750 bits per heavy atom. The molecule has 3 aromatic rings. The highest BCUT2D eigenvalue weighted by atomic mass is 32.2. The molecule has 0 unspecified atom stereocenters. The molecule has 1 N–H and O–H groups in total. The predicted octanol–water partition coefficient (Wildman–Crippen LogP) is 3.13. The lowest BCUT2D eigenvalue weighted by atomic mass is 9.81. The molecule has 1 aliphatic rings. The van der Waals surface area contributed by atoms with Crippen molar-refractivity contribution in [2.45, 2.75) is 4.90 Å². The summed E-state index contributed by atoms with van der Waals surface area (Å²) >= 11 is 0. The van der Waals surface area contributed by atoms with E-state index in [1.807, 2.05) is 0 Å². The molecule has 118 valence electrons. The van der Waals surface area contributed by atoms with Crippen molar-refractivity contribution in [2.24, 2.45) is 0 Å². The number of Topliss-reactive ketones (excluding diaryl/α,β-unsaturated/α-hetero) is 2. The maximum atomic E-state index is 12.6. The second-order valence-corrected chi connectivity index (χ2v) is 6.97. The van der Waals surface area contributed by atoms with Crippen molar-refractivity contribution in [1.29, 1.82) is 0 Å². The zero-order valence-electron chi connectivity index (χ0n) is 12.2. The number of hydrogen-bond acceptors (Lipinski definition) is 4. The van der Waals surface area contributed by atoms with Gasteiger partial charge in [-0.2, -0.15) is 8.42 Å². The maximum absolute atomic E-state index is 12.6. The molecule has 0 radical (unpaired) electrons. The van der Waals surface area contributed by atoms with Gasteiger partial charge in [0, 0.05) is 11.1 Å². The first kappa shape index (κ1) is 14.7. The molecule has 6 heteroatoms. The first-order valence-corrected chi connectivity index (χ1v) is 8.54. The lowest BCUT2D eigenvalue weighted by Gasteiger charge is -2.19. The SMILES string of the molecule is O=C1C(=O)c2c(ccc3cc(S(=O)(=O)O)ccc23)-c2ccccc21. The first-order valence-electron chi connectivity index (χ1n) is 7.10. The van der Waals surface area contributed by atoms with Crippen LogP contribution >= 0.6 is 0 Å². The number of carbonyl (C=O) groups excluding carboxylic acids is 2. The number of carbonyl (C=O) groups is 2. The van der Waals surface area contributed by atoms with Crippen molar-refractivity contribution >= 4 is 32.5 Å². The number of hydrogen-bond donors (Lipinski definition) is 1. The van der Waals surface area contributed by atoms with Crippen LogP contribution in [0.3, 0.4) is 0 Å². The van der Waals surface area contributed by atoms with Crippen LogP contribution in [-0.2, 0) is 10.1 Å². The highest BCUT2D eigenvalue weighted by Gasteiger charge is 2.31. The van der Waals surface area contributed by atoms with Crippen molar-refractivity contribution in [3.05, 3.63) is 65.7 Å². The number of rotatable bonds is 1. The summed E-state index contributed by atoms with van der Waals surface area (Å²) < 4.78 is 31.7. The quantitative estimate of drug-likeness (QED) is 0.544. The Labute approximate surface area is 137 Å². The zero-order chi connectivity index (χ0) is 17.1. The van der Waals surface area contributed by atoms with Crippen molar-refractivity contribution in [3.8, 4) is 11.1 Å². The fourth-order valence-corrected chi connectivity index (χ4v) is 3.61. The average Bonchev–Trinajstić information content (AvgIpc) is 2.57. The second kappa shape index (κ2) is 4.83. The summed E-state index contributed by atoms with van der Waals surface area (Å²) in [7, 11) is -4.34. The minimum absolute atomic E-state index is 0.259. The van der Waals surface area contributed by atoms with Gasteiger partial charge in [0.15, 0.2) is 0 Å². The Morgan fingerprint density at radius 3 is 2.17 bits per heavy atom. The third-order valence-electron chi connectivity index (χ3n) is 4.18. The molecule has 0 spiro atoms. The van der Waals surface area contributed by atoms with Gasteiger partial charge in [0.05, 0.1) is 4.90 Å². The van der Waals surface area contributed by atoms with E-state index in [9.17, 15) is 18.0 Å². The van der Waals surface area contributed by atoms with E-state index in [1.54, 1.807) is 36.4 Å². The Balaban J connectivity index is 2.09. The first-order chi connectivity index (χ1) is 11.4. The molecule has 0 aliphatic heterocycles. The van der Waals surface area contributed by atoms with Gasteiger partial charge < -0.3 is 0 Å². The summed E-state index contributed by atoms with van der Waals surface area (Å²) in [4.78, 5) is 24.7. The summed E-state index contributed by atoms with van der Waals surface area (Å²) in [6.07, 6.45) is 0. The van der Waals surface area contributed by atoms with Gasteiger partial charge in [0.2, 0.25) is 11.6 Å². The summed E-state index contributed by atoms with van der Waals surface area (Å²) in [5.74, 6) is -1.20. The zero-order valence-corrected chi connectivity index (χ0v) is 13.0. The molecule has 0 fully saturated rings. The molecule has 0 aromatic heterocycles. The van der Waals surface area contributed by atoms with Crippen molar-refractivity contribution in [1.82, 2.24) is 0 Å². The molecule has 0 saturated heterocycles. The van der Waals surface area contributed by atoms with E-state index in [0.717, 1.165) is 0 Å². The minimum Gasteiger partial charge on any atom is -0.285 e.